The number of para-hydroxylation sites is 2. The van der Waals surface area contributed by atoms with Gasteiger partial charge in [0.2, 0.25) is 0 Å². The highest BCUT2D eigenvalue weighted by Crippen LogP contribution is 2.52. The molecule has 0 aromatic heterocycles. The van der Waals surface area contributed by atoms with Gasteiger partial charge >= 0.3 is 0 Å². The molecule has 10 aromatic rings. The van der Waals surface area contributed by atoms with Gasteiger partial charge in [-0.15, -0.1) is 0 Å². The van der Waals surface area contributed by atoms with Crippen LogP contribution in [0.1, 0.15) is 48.9 Å². The average Bonchev–Trinajstić information content (AvgIpc) is 3.59. The summed E-state index contributed by atoms with van der Waals surface area (Å²) in [5.41, 5.74) is 20.9. The highest BCUT2D eigenvalue weighted by atomic mass is 15.1. The van der Waals surface area contributed by atoms with Crippen LogP contribution in [0.5, 0.6) is 0 Å². The monoisotopic (exact) mass is 834 g/mol. The van der Waals surface area contributed by atoms with E-state index in [1.165, 1.54) is 122 Å². The molecule has 3 aliphatic rings. The topological polar surface area (TPSA) is 6.48 Å². The maximum absolute atomic E-state index is 2.56. The molecule has 2 aliphatic heterocycles. The van der Waals surface area contributed by atoms with Crippen LogP contribution in [0.25, 0.3) is 76.8 Å². The Labute approximate surface area is 382 Å². The highest BCUT2D eigenvalue weighted by Gasteiger charge is 2.36. The first kappa shape index (κ1) is 38.1. The molecule has 0 unspecified atom stereocenters. The Morgan fingerprint density at radius 1 is 0.369 bits per heavy atom. The number of anilines is 4. The molecule has 2 heteroatoms. The Balaban J connectivity index is 1.10. The molecule has 0 saturated carbocycles. The van der Waals surface area contributed by atoms with E-state index in [2.05, 4.69) is 218 Å². The Kier molecular flexibility index (Phi) is 8.68. The van der Waals surface area contributed by atoms with Crippen LogP contribution in [-0.2, 0) is 18.3 Å². The molecule has 0 spiro atoms. The van der Waals surface area contributed by atoms with E-state index in [1.807, 2.05) is 0 Å². The minimum Gasteiger partial charge on any atom is -0.341 e. The summed E-state index contributed by atoms with van der Waals surface area (Å²) in [5.74, 6) is 0. The zero-order valence-corrected chi connectivity index (χ0v) is 37.1. The summed E-state index contributed by atoms with van der Waals surface area (Å²) in [5, 5.41) is 7.64. The van der Waals surface area contributed by atoms with Gasteiger partial charge in [-0.2, -0.15) is 0 Å². The maximum atomic E-state index is 2.56. The lowest BCUT2D eigenvalue weighted by Crippen LogP contribution is -2.24. The molecule has 0 N–H and O–H groups in total. The third kappa shape index (κ3) is 6.07. The molecule has 2 heterocycles. The molecule has 0 bridgehead atoms. The van der Waals surface area contributed by atoms with Crippen LogP contribution in [0, 0.1) is 0 Å². The van der Waals surface area contributed by atoms with Crippen molar-refractivity contribution in [1.82, 2.24) is 0 Å². The van der Waals surface area contributed by atoms with Crippen LogP contribution < -0.4 is 9.80 Å². The van der Waals surface area contributed by atoms with Gasteiger partial charge < -0.3 is 9.80 Å². The van der Waals surface area contributed by atoms with E-state index in [9.17, 15) is 0 Å². The Bertz CT molecular complexity index is 3560. The predicted molar refractivity (Wildman–Crippen MR) is 276 cm³/mol. The fourth-order valence-corrected chi connectivity index (χ4v) is 11.8. The lowest BCUT2D eigenvalue weighted by atomic mass is 9.80. The number of nitrogens with zero attached hydrogens (tertiary/aromatic N) is 2. The Morgan fingerprint density at radius 2 is 0.908 bits per heavy atom. The molecule has 10 aromatic carbocycles. The fraction of sp³-hybridized carbons (Fsp3) is 0.143. The van der Waals surface area contributed by atoms with Crippen molar-refractivity contribution in [2.24, 2.45) is 0 Å². The van der Waals surface area contributed by atoms with Crippen molar-refractivity contribution in [3.63, 3.8) is 0 Å². The lowest BCUT2D eigenvalue weighted by molar-refractivity contribution is 0.660. The largest absolute Gasteiger partial charge is 0.341 e. The molecule has 0 saturated heterocycles. The van der Waals surface area contributed by atoms with Crippen molar-refractivity contribution in [1.29, 1.82) is 0 Å². The number of aryl methyl sites for hydroxylation is 2. The van der Waals surface area contributed by atoms with Gasteiger partial charge in [-0.1, -0.05) is 153 Å². The second-order valence-corrected chi connectivity index (χ2v) is 19.1. The molecule has 0 atom stereocenters. The first-order valence-corrected chi connectivity index (χ1v) is 23.6. The van der Waals surface area contributed by atoms with Crippen LogP contribution in [0.4, 0.5) is 22.7 Å². The van der Waals surface area contributed by atoms with E-state index in [1.54, 1.807) is 0 Å². The van der Waals surface area contributed by atoms with Crippen LogP contribution in [-0.4, -0.2) is 13.1 Å². The number of rotatable bonds is 5. The van der Waals surface area contributed by atoms with Gasteiger partial charge in [0.1, 0.15) is 0 Å². The predicted octanol–water partition coefficient (Wildman–Crippen LogP) is 16.6. The number of hydrogen-bond acceptors (Lipinski definition) is 2. The summed E-state index contributed by atoms with van der Waals surface area (Å²) < 4.78 is 0. The van der Waals surface area contributed by atoms with Crippen LogP contribution in [0.2, 0.25) is 0 Å². The molecule has 1 aliphatic carbocycles. The van der Waals surface area contributed by atoms with E-state index < -0.39 is 0 Å². The minimum atomic E-state index is -0.117. The first-order valence-electron chi connectivity index (χ1n) is 23.6. The summed E-state index contributed by atoms with van der Waals surface area (Å²) in [7, 11) is 0. The van der Waals surface area contributed by atoms with Gasteiger partial charge in [-0.3, -0.25) is 0 Å². The quantitative estimate of drug-likeness (QED) is 0.159. The first-order chi connectivity index (χ1) is 32.0. The molecule has 13 rings (SSSR count). The summed E-state index contributed by atoms with van der Waals surface area (Å²) in [6.45, 7) is 6.80. The average molecular weight is 835 g/mol. The third-order valence-electron chi connectivity index (χ3n) is 15.0. The van der Waals surface area contributed by atoms with Gasteiger partial charge in [-0.05, 0) is 179 Å². The van der Waals surface area contributed by atoms with Crippen molar-refractivity contribution in [2.75, 3.05) is 22.9 Å². The molecule has 0 radical (unpaired) electrons. The van der Waals surface area contributed by atoms with Crippen molar-refractivity contribution in [2.45, 2.75) is 44.9 Å². The molecular weight excluding hydrogens is 785 g/mol. The number of hydrogen-bond donors (Lipinski definition) is 0. The normalized spacial score (nSPS) is 14.9. The highest BCUT2D eigenvalue weighted by molar-refractivity contribution is 6.23. The number of benzene rings is 10. The summed E-state index contributed by atoms with van der Waals surface area (Å²) in [4.78, 5) is 5.12. The van der Waals surface area contributed by atoms with E-state index >= 15 is 0 Å². The molecule has 0 fully saturated rings. The zero-order valence-electron chi connectivity index (χ0n) is 37.1. The van der Waals surface area contributed by atoms with Crippen LogP contribution in [0.3, 0.4) is 0 Å². The molecule has 312 valence electrons. The van der Waals surface area contributed by atoms with Crippen molar-refractivity contribution < 1.29 is 0 Å². The standard InChI is InChI=1S/C63H50N2/c1-63(2)57-23-8-7-22-51(57)52-31-28-48(38-58(52)63)62-54-33-30-49(64-34-12-20-42-15-5-9-24-59(42)64)39-55(54)61(47-19-11-18-45(37-47)46-27-26-41-14-3-4-17-44(41)36-46)53-32-29-50(40-56(53)62)65-35-13-21-43-16-6-10-25-60(43)65/h3-11,14-19,22-33,36-40H,12-13,20-21,34-35H2,1-2H3. The minimum absolute atomic E-state index is 0.117. The number of fused-ring (bicyclic) bond motifs is 8. The van der Waals surface area contributed by atoms with E-state index in [0.717, 1.165) is 38.8 Å². The molecule has 2 nitrogen and oxygen atoms in total. The van der Waals surface area contributed by atoms with Crippen molar-refractivity contribution in [3.05, 3.63) is 216 Å². The maximum Gasteiger partial charge on any atom is 0.0443 e. The van der Waals surface area contributed by atoms with E-state index in [0.29, 0.717) is 0 Å². The fourth-order valence-electron chi connectivity index (χ4n) is 11.8. The van der Waals surface area contributed by atoms with Gasteiger partial charge in [0.25, 0.3) is 0 Å². The molecule has 0 amide bonds. The van der Waals surface area contributed by atoms with Crippen molar-refractivity contribution >= 4 is 55.1 Å². The van der Waals surface area contributed by atoms with Gasteiger partial charge in [0, 0.05) is 41.3 Å². The van der Waals surface area contributed by atoms with Crippen LogP contribution in [0.15, 0.2) is 194 Å². The second-order valence-electron chi connectivity index (χ2n) is 19.1. The van der Waals surface area contributed by atoms with Crippen LogP contribution >= 0.6 is 0 Å². The van der Waals surface area contributed by atoms with Gasteiger partial charge in [0.15, 0.2) is 0 Å². The zero-order chi connectivity index (χ0) is 43.2. The van der Waals surface area contributed by atoms with E-state index in [-0.39, 0.29) is 5.41 Å². The SMILES string of the molecule is CC1(C)c2ccccc2-c2ccc(-c3c4ccc(N5CCCc6ccccc65)cc4c(-c4cccc(-c5ccc6ccccc6c5)c4)c4ccc(N5CCCc6ccccc65)cc34)cc21. The van der Waals surface area contributed by atoms with Gasteiger partial charge in [0.05, 0.1) is 0 Å². The summed E-state index contributed by atoms with van der Waals surface area (Å²) in [6, 6.07) is 73.9. The summed E-state index contributed by atoms with van der Waals surface area (Å²) in [6.07, 6.45) is 4.50. The lowest BCUT2D eigenvalue weighted by Gasteiger charge is -2.32. The Morgan fingerprint density at radius 3 is 1.60 bits per heavy atom. The van der Waals surface area contributed by atoms with Crippen molar-refractivity contribution in [3.8, 4) is 44.5 Å². The van der Waals surface area contributed by atoms with E-state index in [4.69, 9.17) is 0 Å². The van der Waals surface area contributed by atoms with Gasteiger partial charge in [-0.25, -0.2) is 0 Å². The third-order valence-corrected chi connectivity index (χ3v) is 15.0. The molecular formula is C63H50N2. The smallest absolute Gasteiger partial charge is 0.0443 e. The molecule has 65 heavy (non-hydrogen) atoms. The Hall–Kier alpha value is -7.42. The summed E-state index contributed by atoms with van der Waals surface area (Å²) >= 11 is 0. The second kappa shape index (κ2) is 14.8.